The molecular formula is C21H29NO2. The van der Waals surface area contributed by atoms with Gasteiger partial charge in [0.1, 0.15) is 5.75 Å². The Kier molecular flexibility index (Phi) is 6.50. The summed E-state index contributed by atoms with van der Waals surface area (Å²) >= 11 is 0. The zero-order valence-corrected chi connectivity index (χ0v) is 14.7. The van der Waals surface area contributed by atoms with Crippen molar-refractivity contribution in [3.8, 4) is 5.75 Å². The van der Waals surface area contributed by atoms with Crippen LogP contribution in [0.2, 0.25) is 0 Å². The summed E-state index contributed by atoms with van der Waals surface area (Å²) in [6.07, 6.45) is 3.62. The topological polar surface area (TPSA) is 21.7 Å². The van der Waals surface area contributed by atoms with E-state index in [1.54, 1.807) is 0 Å². The fraction of sp³-hybridized carbons (Fsp3) is 0.524. The quantitative estimate of drug-likeness (QED) is 0.673. The molecule has 0 N–H and O–H groups in total. The largest absolute Gasteiger partial charge is 0.493 e. The molecule has 0 amide bonds. The van der Waals surface area contributed by atoms with Crippen LogP contribution in [0.15, 0.2) is 42.5 Å². The maximum Gasteiger partial charge on any atom is 0.127 e. The second-order valence-electron chi connectivity index (χ2n) is 6.62. The minimum absolute atomic E-state index is 0.758. The Bertz CT molecular complexity index is 615. The molecule has 130 valence electrons. The van der Waals surface area contributed by atoms with Crippen LogP contribution in [-0.2, 0) is 4.74 Å². The molecule has 0 unspecified atom stereocenters. The minimum Gasteiger partial charge on any atom is -0.493 e. The van der Waals surface area contributed by atoms with Crippen LogP contribution in [0.3, 0.4) is 0 Å². The smallest absolute Gasteiger partial charge is 0.127 e. The predicted molar refractivity (Wildman–Crippen MR) is 99.7 cm³/mol. The van der Waals surface area contributed by atoms with Crippen LogP contribution in [0.25, 0.3) is 10.8 Å². The third-order valence-electron chi connectivity index (χ3n) is 4.89. The summed E-state index contributed by atoms with van der Waals surface area (Å²) in [4.78, 5) is 2.56. The fourth-order valence-electron chi connectivity index (χ4n) is 3.45. The molecule has 2 aromatic rings. The summed E-state index contributed by atoms with van der Waals surface area (Å²) in [6.45, 7) is 8.17. The second-order valence-corrected chi connectivity index (χ2v) is 6.62. The number of rotatable bonds is 8. The molecule has 0 spiro atoms. The van der Waals surface area contributed by atoms with Gasteiger partial charge in [-0.15, -0.1) is 0 Å². The van der Waals surface area contributed by atoms with Crippen LogP contribution in [0.1, 0.15) is 26.2 Å². The van der Waals surface area contributed by atoms with Crippen LogP contribution in [0, 0.1) is 5.92 Å². The highest BCUT2D eigenvalue weighted by Crippen LogP contribution is 2.25. The third-order valence-corrected chi connectivity index (χ3v) is 4.89. The summed E-state index contributed by atoms with van der Waals surface area (Å²) in [5.74, 6) is 1.76. The Balaban J connectivity index is 1.38. The lowest BCUT2D eigenvalue weighted by molar-refractivity contribution is 0.0728. The van der Waals surface area contributed by atoms with Crippen molar-refractivity contribution in [2.45, 2.75) is 26.2 Å². The van der Waals surface area contributed by atoms with Crippen molar-refractivity contribution in [2.75, 3.05) is 39.5 Å². The highest BCUT2D eigenvalue weighted by atomic mass is 16.5. The summed E-state index contributed by atoms with van der Waals surface area (Å²) in [5.41, 5.74) is 0. The van der Waals surface area contributed by atoms with E-state index >= 15 is 0 Å². The second kappa shape index (κ2) is 9.05. The molecule has 2 aromatic carbocycles. The lowest BCUT2D eigenvalue weighted by atomic mass is 9.98. The summed E-state index contributed by atoms with van der Waals surface area (Å²) < 4.78 is 11.6. The Morgan fingerprint density at radius 3 is 2.67 bits per heavy atom. The van der Waals surface area contributed by atoms with Gasteiger partial charge in [-0.1, -0.05) is 36.4 Å². The Morgan fingerprint density at radius 1 is 1.04 bits per heavy atom. The molecule has 0 saturated carbocycles. The van der Waals surface area contributed by atoms with Crippen LogP contribution in [0.5, 0.6) is 5.75 Å². The Hall–Kier alpha value is -1.58. The highest BCUT2D eigenvalue weighted by molar-refractivity contribution is 5.88. The summed E-state index contributed by atoms with van der Waals surface area (Å²) in [7, 11) is 0. The molecular weight excluding hydrogens is 298 g/mol. The monoisotopic (exact) mass is 327 g/mol. The van der Waals surface area contributed by atoms with Gasteiger partial charge in [-0.05, 0) is 56.6 Å². The van der Waals surface area contributed by atoms with Crippen molar-refractivity contribution in [1.29, 1.82) is 0 Å². The van der Waals surface area contributed by atoms with Gasteiger partial charge in [0.25, 0.3) is 0 Å². The molecule has 24 heavy (non-hydrogen) atoms. The van der Waals surface area contributed by atoms with Gasteiger partial charge in [-0.2, -0.15) is 0 Å². The first-order chi connectivity index (χ1) is 11.9. The lowest BCUT2D eigenvalue weighted by Crippen LogP contribution is -2.36. The van der Waals surface area contributed by atoms with E-state index in [4.69, 9.17) is 9.47 Å². The van der Waals surface area contributed by atoms with E-state index in [9.17, 15) is 0 Å². The van der Waals surface area contributed by atoms with Crippen LogP contribution < -0.4 is 4.74 Å². The van der Waals surface area contributed by atoms with Gasteiger partial charge in [0.15, 0.2) is 0 Å². The average molecular weight is 327 g/mol. The molecule has 1 saturated heterocycles. The molecule has 3 nitrogen and oxygen atoms in total. The van der Waals surface area contributed by atoms with Gasteiger partial charge in [-0.25, -0.2) is 0 Å². The molecule has 3 heteroatoms. The normalized spacial score (nSPS) is 16.5. The first-order valence-corrected chi connectivity index (χ1v) is 9.27. The van der Waals surface area contributed by atoms with Crippen LogP contribution in [-0.4, -0.2) is 44.4 Å². The number of nitrogens with zero attached hydrogens (tertiary/aromatic N) is 1. The highest BCUT2D eigenvalue weighted by Gasteiger charge is 2.18. The maximum absolute atomic E-state index is 6.04. The van der Waals surface area contributed by atoms with E-state index in [1.165, 1.54) is 36.7 Å². The number of hydrogen-bond acceptors (Lipinski definition) is 3. The van der Waals surface area contributed by atoms with Crippen molar-refractivity contribution < 1.29 is 9.47 Å². The molecule has 1 fully saturated rings. The van der Waals surface area contributed by atoms with E-state index in [1.807, 2.05) is 0 Å². The zero-order chi connectivity index (χ0) is 16.6. The molecule has 1 heterocycles. The molecule has 1 aliphatic rings. The number of hydrogen-bond donors (Lipinski definition) is 0. The van der Waals surface area contributed by atoms with Crippen molar-refractivity contribution in [3.05, 3.63) is 42.5 Å². The summed E-state index contributed by atoms with van der Waals surface area (Å²) in [5, 5.41) is 2.45. The van der Waals surface area contributed by atoms with Crippen molar-refractivity contribution in [1.82, 2.24) is 4.90 Å². The van der Waals surface area contributed by atoms with Gasteiger partial charge < -0.3 is 14.4 Å². The first-order valence-electron chi connectivity index (χ1n) is 9.27. The molecule has 0 radical (unpaired) electrons. The van der Waals surface area contributed by atoms with E-state index in [2.05, 4.69) is 54.3 Å². The van der Waals surface area contributed by atoms with E-state index in [0.29, 0.717) is 0 Å². The first kappa shape index (κ1) is 17.2. The van der Waals surface area contributed by atoms with E-state index in [0.717, 1.165) is 44.5 Å². The zero-order valence-electron chi connectivity index (χ0n) is 14.7. The number of benzene rings is 2. The molecule has 1 aliphatic heterocycles. The summed E-state index contributed by atoms with van der Waals surface area (Å²) in [6, 6.07) is 14.7. The van der Waals surface area contributed by atoms with Crippen LogP contribution in [0.4, 0.5) is 0 Å². The molecule has 3 rings (SSSR count). The number of fused-ring (bicyclic) bond motifs is 1. The number of likely N-dealkylation sites (tertiary alicyclic amines) is 1. The molecule has 0 aliphatic carbocycles. The SMILES string of the molecule is CCOCC1CCN(CCCOc2cccc3ccccc23)CC1. The molecule has 0 bridgehead atoms. The van der Waals surface area contributed by atoms with Gasteiger partial charge in [0, 0.05) is 25.1 Å². The van der Waals surface area contributed by atoms with Crippen molar-refractivity contribution in [3.63, 3.8) is 0 Å². The Morgan fingerprint density at radius 2 is 1.83 bits per heavy atom. The van der Waals surface area contributed by atoms with Crippen molar-refractivity contribution in [2.24, 2.45) is 5.92 Å². The van der Waals surface area contributed by atoms with Gasteiger partial charge in [0.2, 0.25) is 0 Å². The van der Waals surface area contributed by atoms with Gasteiger partial charge in [-0.3, -0.25) is 0 Å². The lowest BCUT2D eigenvalue weighted by Gasteiger charge is -2.31. The van der Waals surface area contributed by atoms with Crippen molar-refractivity contribution >= 4 is 10.8 Å². The van der Waals surface area contributed by atoms with Gasteiger partial charge in [0.05, 0.1) is 6.61 Å². The third kappa shape index (κ3) is 4.71. The number of ether oxygens (including phenoxy) is 2. The van der Waals surface area contributed by atoms with Gasteiger partial charge >= 0.3 is 0 Å². The fourth-order valence-corrected chi connectivity index (χ4v) is 3.45. The average Bonchev–Trinajstić information content (AvgIpc) is 2.64. The molecule has 0 atom stereocenters. The van der Waals surface area contributed by atoms with E-state index in [-0.39, 0.29) is 0 Å². The number of piperidine rings is 1. The van der Waals surface area contributed by atoms with Crippen LogP contribution >= 0.6 is 0 Å². The maximum atomic E-state index is 6.04. The standard InChI is InChI=1S/C21H29NO2/c1-2-23-17-18-11-14-22(15-12-18)13-6-16-24-21-10-5-8-19-7-3-4-9-20(19)21/h3-5,7-10,18H,2,6,11-17H2,1H3. The van der Waals surface area contributed by atoms with E-state index < -0.39 is 0 Å². The molecule has 0 aromatic heterocycles. The Labute approximate surface area is 145 Å². The predicted octanol–water partition coefficient (Wildman–Crippen LogP) is 4.36. The minimum atomic E-state index is 0.758.